The summed E-state index contributed by atoms with van der Waals surface area (Å²) in [6, 6.07) is 0. The van der Waals surface area contributed by atoms with E-state index in [2.05, 4.69) is 17.3 Å². The highest BCUT2D eigenvalue weighted by atomic mass is 35.5. The summed E-state index contributed by atoms with van der Waals surface area (Å²) < 4.78 is 1.89. The fraction of sp³-hybridized carbons (Fsp3) is 0.700. The van der Waals surface area contributed by atoms with Crippen LogP contribution in [0.2, 0.25) is 5.02 Å². The van der Waals surface area contributed by atoms with E-state index < -0.39 is 0 Å². The van der Waals surface area contributed by atoms with Gasteiger partial charge in [-0.25, -0.2) is 0 Å². The number of unbranched alkanes of at least 4 members (excludes halogenated alkanes) is 1. The zero-order chi connectivity index (χ0) is 10.4. The first-order valence-corrected chi connectivity index (χ1v) is 5.52. The first-order chi connectivity index (χ1) is 6.74. The highest BCUT2D eigenvalue weighted by Gasteiger charge is 2.00. The topological polar surface area (TPSA) is 29.9 Å². The van der Waals surface area contributed by atoms with Crippen molar-refractivity contribution in [1.82, 2.24) is 15.1 Å². The van der Waals surface area contributed by atoms with E-state index in [1.54, 1.807) is 0 Å². The first-order valence-electron chi connectivity index (χ1n) is 5.14. The molecule has 1 heterocycles. The van der Waals surface area contributed by atoms with E-state index in [1.165, 1.54) is 12.8 Å². The summed E-state index contributed by atoms with van der Waals surface area (Å²) in [6.07, 6.45) is 4.34. The van der Waals surface area contributed by atoms with Crippen LogP contribution in [-0.2, 0) is 6.54 Å². The molecule has 0 aliphatic carbocycles. The van der Waals surface area contributed by atoms with E-state index in [-0.39, 0.29) is 0 Å². The molecular formula is C10H18ClN3. The Morgan fingerprint density at radius 2 is 2.29 bits per heavy atom. The zero-order valence-corrected chi connectivity index (χ0v) is 9.64. The second-order valence-corrected chi connectivity index (χ2v) is 3.84. The Bertz CT molecular complexity index is 251. The summed E-state index contributed by atoms with van der Waals surface area (Å²) in [4.78, 5) is 0. The molecule has 0 saturated carbocycles. The van der Waals surface area contributed by atoms with Crippen LogP contribution in [0, 0.1) is 6.92 Å². The van der Waals surface area contributed by atoms with Crippen LogP contribution in [0.3, 0.4) is 0 Å². The van der Waals surface area contributed by atoms with Gasteiger partial charge < -0.3 is 5.32 Å². The monoisotopic (exact) mass is 215 g/mol. The lowest BCUT2D eigenvalue weighted by Crippen LogP contribution is -2.21. The Morgan fingerprint density at radius 3 is 2.86 bits per heavy atom. The molecule has 0 fully saturated rings. The maximum atomic E-state index is 5.89. The molecule has 14 heavy (non-hydrogen) atoms. The Balaban J connectivity index is 2.18. The Kier molecular flexibility index (Phi) is 4.98. The van der Waals surface area contributed by atoms with Gasteiger partial charge in [0.2, 0.25) is 0 Å². The minimum Gasteiger partial charge on any atom is -0.315 e. The first kappa shape index (κ1) is 11.5. The fourth-order valence-corrected chi connectivity index (χ4v) is 1.38. The van der Waals surface area contributed by atoms with Gasteiger partial charge in [-0.3, -0.25) is 4.68 Å². The van der Waals surface area contributed by atoms with Gasteiger partial charge in [0.1, 0.15) is 0 Å². The van der Waals surface area contributed by atoms with E-state index in [1.807, 2.05) is 17.8 Å². The van der Waals surface area contributed by atoms with Crippen LogP contribution < -0.4 is 5.32 Å². The van der Waals surface area contributed by atoms with Crippen molar-refractivity contribution in [1.29, 1.82) is 0 Å². The summed E-state index contributed by atoms with van der Waals surface area (Å²) in [5.74, 6) is 0. The van der Waals surface area contributed by atoms with Crippen molar-refractivity contribution in [2.45, 2.75) is 33.2 Å². The van der Waals surface area contributed by atoms with E-state index in [0.29, 0.717) is 0 Å². The summed E-state index contributed by atoms with van der Waals surface area (Å²) in [5.41, 5.74) is 0.903. The van der Waals surface area contributed by atoms with Gasteiger partial charge in [-0.2, -0.15) is 5.10 Å². The number of hydrogen-bond acceptors (Lipinski definition) is 2. The number of aromatic nitrogens is 2. The molecular weight excluding hydrogens is 198 g/mol. The number of aryl methyl sites for hydroxylation is 1. The molecule has 80 valence electrons. The third-order valence-corrected chi connectivity index (χ3v) is 2.48. The van der Waals surface area contributed by atoms with Crippen LogP contribution >= 0.6 is 11.6 Å². The van der Waals surface area contributed by atoms with Gasteiger partial charge >= 0.3 is 0 Å². The van der Waals surface area contributed by atoms with Gasteiger partial charge in [-0.15, -0.1) is 0 Å². The van der Waals surface area contributed by atoms with Crippen molar-refractivity contribution in [2.24, 2.45) is 0 Å². The minimum atomic E-state index is 0.749. The van der Waals surface area contributed by atoms with Gasteiger partial charge in [-0.05, 0) is 19.9 Å². The SMILES string of the molecule is CCCCNCCn1cc(Cl)c(C)n1. The largest absolute Gasteiger partial charge is 0.315 e. The van der Waals surface area contributed by atoms with E-state index in [9.17, 15) is 0 Å². The highest BCUT2D eigenvalue weighted by molar-refractivity contribution is 6.31. The number of hydrogen-bond donors (Lipinski definition) is 1. The molecule has 1 rings (SSSR count). The van der Waals surface area contributed by atoms with Crippen molar-refractivity contribution < 1.29 is 0 Å². The minimum absolute atomic E-state index is 0.749. The predicted molar refractivity (Wildman–Crippen MR) is 59.8 cm³/mol. The Labute approximate surface area is 90.4 Å². The quantitative estimate of drug-likeness (QED) is 0.738. The average molecular weight is 216 g/mol. The second-order valence-electron chi connectivity index (χ2n) is 3.43. The Hall–Kier alpha value is -0.540. The third-order valence-electron chi connectivity index (χ3n) is 2.11. The van der Waals surface area contributed by atoms with Gasteiger partial charge in [-0.1, -0.05) is 24.9 Å². The molecule has 0 atom stereocenters. The lowest BCUT2D eigenvalue weighted by Gasteiger charge is -2.03. The molecule has 0 saturated heterocycles. The lowest BCUT2D eigenvalue weighted by molar-refractivity contribution is 0.543. The summed E-state index contributed by atoms with van der Waals surface area (Å²) in [7, 11) is 0. The number of nitrogens with one attached hydrogen (secondary N) is 1. The predicted octanol–water partition coefficient (Wildman–Crippen LogP) is 2.23. The van der Waals surface area contributed by atoms with E-state index in [0.717, 1.165) is 30.4 Å². The molecule has 3 nitrogen and oxygen atoms in total. The molecule has 0 bridgehead atoms. The normalized spacial score (nSPS) is 10.8. The van der Waals surface area contributed by atoms with E-state index >= 15 is 0 Å². The van der Waals surface area contributed by atoms with Crippen LogP contribution in [0.25, 0.3) is 0 Å². The third kappa shape index (κ3) is 3.68. The molecule has 0 unspecified atom stereocenters. The van der Waals surface area contributed by atoms with Crippen LogP contribution in [-0.4, -0.2) is 22.9 Å². The van der Waals surface area contributed by atoms with Crippen molar-refractivity contribution in [3.63, 3.8) is 0 Å². The van der Waals surface area contributed by atoms with Crippen molar-refractivity contribution >= 4 is 11.6 Å². The molecule has 0 spiro atoms. The molecule has 4 heteroatoms. The maximum Gasteiger partial charge on any atom is 0.0814 e. The Morgan fingerprint density at radius 1 is 1.50 bits per heavy atom. The highest BCUT2D eigenvalue weighted by Crippen LogP contribution is 2.11. The van der Waals surface area contributed by atoms with Gasteiger partial charge in [0, 0.05) is 12.7 Å². The second kappa shape index (κ2) is 6.04. The van der Waals surface area contributed by atoms with Gasteiger partial charge in [0.15, 0.2) is 0 Å². The number of rotatable bonds is 6. The molecule has 1 aromatic heterocycles. The van der Waals surface area contributed by atoms with Crippen LogP contribution in [0.1, 0.15) is 25.5 Å². The standard InChI is InChI=1S/C10H18ClN3/c1-3-4-5-12-6-7-14-8-10(11)9(2)13-14/h8,12H,3-7H2,1-2H3. The average Bonchev–Trinajstić information content (AvgIpc) is 2.46. The fourth-order valence-electron chi connectivity index (χ4n) is 1.23. The van der Waals surface area contributed by atoms with Crippen molar-refractivity contribution in [3.8, 4) is 0 Å². The molecule has 0 aliphatic rings. The molecule has 0 amide bonds. The molecule has 0 aromatic carbocycles. The lowest BCUT2D eigenvalue weighted by atomic mass is 10.3. The maximum absolute atomic E-state index is 5.89. The van der Waals surface area contributed by atoms with Crippen LogP contribution in [0.4, 0.5) is 0 Å². The number of nitrogens with zero attached hydrogens (tertiary/aromatic N) is 2. The zero-order valence-electron chi connectivity index (χ0n) is 8.89. The van der Waals surface area contributed by atoms with E-state index in [4.69, 9.17) is 11.6 Å². The number of halogens is 1. The molecule has 0 aliphatic heterocycles. The molecule has 0 radical (unpaired) electrons. The summed E-state index contributed by atoms with van der Waals surface area (Å²) in [5, 5.41) is 8.38. The summed E-state index contributed by atoms with van der Waals surface area (Å²) in [6.45, 7) is 7.04. The van der Waals surface area contributed by atoms with Crippen molar-refractivity contribution in [2.75, 3.05) is 13.1 Å². The molecule has 1 aromatic rings. The van der Waals surface area contributed by atoms with Crippen LogP contribution in [0.5, 0.6) is 0 Å². The van der Waals surface area contributed by atoms with Crippen LogP contribution in [0.15, 0.2) is 6.20 Å². The molecule has 1 N–H and O–H groups in total. The van der Waals surface area contributed by atoms with Gasteiger partial charge in [0.25, 0.3) is 0 Å². The smallest absolute Gasteiger partial charge is 0.0814 e. The van der Waals surface area contributed by atoms with Gasteiger partial charge in [0.05, 0.1) is 17.3 Å². The summed E-state index contributed by atoms with van der Waals surface area (Å²) >= 11 is 5.89. The van der Waals surface area contributed by atoms with Crippen molar-refractivity contribution in [3.05, 3.63) is 16.9 Å².